The van der Waals surface area contributed by atoms with Crippen molar-refractivity contribution < 1.29 is 0 Å². The number of aryl methyl sites for hydroxylation is 3. The second-order valence-corrected chi connectivity index (χ2v) is 7.39. The molecule has 0 atom stereocenters. The molecular formula is C18H23N9O4. The minimum atomic E-state index is -0.524. The first-order valence-electron chi connectivity index (χ1n) is 9.73. The van der Waals surface area contributed by atoms with Crippen LogP contribution in [0.5, 0.6) is 0 Å². The molecule has 0 aliphatic heterocycles. The fourth-order valence-corrected chi connectivity index (χ4v) is 3.82. The van der Waals surface area contributed by atoms with Gasteiger partial charge in [0.05, 0.1) is 12.7 Å². The summed E-state index contributed by atoms with van der Waals surface area (Å²) in [5, 5.41) is 0. The molecule has 0 unspecified atom stereocenters. The average molecular weight is 429 g/mol. The lowest BCUT2D eigenvalue weighted by Crippen LogP contribution is -2.43. The summed E-state index contributed by atoms with van der Waals surface area (Å²) in [7, 11) is 4.89. The molecule has 4 aromatic heterocycles. The van der Waals surface area contributed by atoms with E-state index < -0.39 is 22.5 Å². The third-order valence-corrected chi connectivity index (χ3v) is 5.40. The molecule has 4 aromatic rings. The normalized spacial score (nSPS) is 11.7. The van der Waals surface area contributed by atoms with Crippen molar-refractivity contribution in [3.05, 3.63) is 54.3 Å². The first-order chi connectivity index (χ1) is 14.8. The maximum atomic E-state index is 12.9. The number of imidazole rings is 2. The number of hydrogen-bond donors (Lipinski definition) is 1. The van der Waals surface area contributed by atoms with Gasteiger partial charge in [0.1, 0.15) is 0 Å². The molecule has 2 N–H and O–H groups in total. The predicted molar refractivity (Wildman–Crippen MR) is 113 cm³/mol. The van der Waals surface area contributed by atoms with E-state index in [-0.39, 0.29) is 43.8 Å². The Morgan fingerprint density at radius 1 is 0.742 bits per heavy atom. The van der Waals surface area contributed by atoms with Crippen molar-refractivity contribution in [2.75, 3.05) is 6.54 Å². The van der Waals surface area contributed by atoms with E-state index in [1.54, 1.807) is 30.3 Å². The topological polar surface area (TPSA) is 150 Å². The third kappa shape index (κ3) is 3.04. The maximum Gasteiger partial charge on any atom is 0.332 e. The third-order valence-electron chi connectivity index (χ3n) is 5.40. The predicted octanol–water partition coefficient (Wildman–Crippen LogP) is -2.31. The van der Waals surface area contributed by atoms with Gasteiger partial charge < -0.3 is 14.9 Å². The fourth-order valence-electron chi connectivity index (χ4n) is 3.82. The number of aromatic nitrogens is 8. The van der Waals surface area contributed by atoms with Gasteiger partial charge in [-0.3, -0.25) is 27.9 Å². The Bertz CT molecular complexity index is 1540. The van der Waals surface area contributed by atoms with Crippen LogP contribution in [0.2, 0.25) is 0 Å². The number of hydrogen-bond acceptors (Lipinski definition) is 7. The highest BCUT2D eigenvalue weighted by atomic mass is 16.2. The molecule has 0 saturated heterocycles. The Morgan fingerprint density at radius 2 is 1.26 bits per heavy atom. The molecule has 13 heteroatoms. The Hall–Kier alpha value is -3.74. The Morgan fingerprint density at radius 3 is 1.84 bits per heavy atom. The van der Waals surface area contributed by atoms with Gasteiger partial charge in [0.2, 0.25) is 0 Å². The molecule has 0 aliphatic rings. The highest BCUT2D eigenvalue weighted by molar-refractivity contribution is 5.70. The number of nitrogens with two attached hydrogens (primary N) is 1. The van der Waals surface area contributed by atoms with E-state index >= 15 is 0 Å². The monoisotopic (exact) mass is 429 g/mol. The van der Waals surface area contributed by atoms with E-state index in [0.717, 1.165) is 9.13 Å². The van der Waals surface area contributed by atoms with Crippen LogP contribution in [0.1, 0.15) is 6.42 Å². The summed E-state index contributed by atoms with van der Waals surface area (Å²) < 4.78 is 7.97. The Kier molecular flexibility index (Phi) is 4.97. The average Bonchev–Trinajstić information content (AvgIpc) is 3.31. The van der Waals surface area contributed by atoms with Crippen molar-refractivity contribution in [1.82, 2.24) is 37.4 Å². The van der Waals surface area contributed by atoms with Crippen LogP contribution in [-0.2, 0) is 40.8 Å². The minimum absolute atomic E-state index is 0.0301. The largest absolute Gasteiger partial charge is 0.332 e. The van der Waals surface area contributed by atoms with E-state index in [2.05, 4.69) is 9.97 Å². The molecule has 0 aliphatic carbocycles. The highest BCUT2D eigenvalue weighted by Crippen LogP contribution is 2.05. The van der Waals surface area contributed by atoms with Crippen LogP contribution in [0.15, 0.2) is 31.8 Å². The lowest BCUT2D eigenvalue weighted by atomic mass is 10.3. The molecule has 13 nitrogen and oxygen atoms in total. The molecule has 4 rings (SSSR count). The number of rotatable bonds is 6. The van der Waals surface area contributed by atoms with Crippen molar-refractivity contribution in [1.29, 1.82) is 0 Å². The highest BCUT2D eigenvalue weighted by Gasteiger charge is 2.18. The van der Waals surface area contributed by atoms with E-state index in [1.165, 1.54) is 21.8 Å². The molecule has 0 saturated carbocycles. The quantitative estimate of drug-likeness (QED) is 0.362. The van der Waals surface area contributed by atoms with Crippen molar-refractivity contribution in [3.8, 4) is 0 Å². The summed E-state index contributed by atoms with van der Waals surface area (Å²) in [6.07, 6.45) is 3.16. The van der Waals surface area contributed by atoms with Gasteiger partial charge >= 0.3 is 11.4 Å². The lowest BCUT2D eigenvalue weighted by Gasteiger charge is -2.12. The van der Waals surface area contributed by atoms with E-state index in [1.807, 2.05) is 0 Å². The second kappa shape index (κ2) is 7.50. The van der Waals surface area contributed by atoms with Gasteiger partial charge in [0.25, 0.3) is 11.1 Å². The standard InChI is InChI=1S/C18H23N9O4/c1-22-9-20-13-11(22)15(28)26(17(30)24(13)3)6-4-7-27-16(29)12-14(21-10-23(12)2)25(8-5-19)18(27)31/h9-10H,4-8,19H2,1-3H3. The molecule has 0 bridgehead atoms. The van der Waals surface area contributed by atoms with E-state index in [9.17, 15) is 19.2 Å². The van der Waals surface area contributed by atoms with Crippen LogP contribution in [0.3, 0.4) is 0 Å². The summed E-state index contributed by atoms with van der Waals surface area (Å²) in [5.74, 6) is 0. The molecule has 0 amide bonds. The molecule has 4 heterocycles. The Balaban J connectivity index is 1.73. The van der Waals surface area contributed by atoms with Gasteiger partial charge in [-0.25, -0.2) is 19.6 Å². The lowest BCUT2D eigenvalue weighted by molar-refractivity contribution is 0.493. The zero-order chi connectivity index (χ0) is 22.4. The molecule has 164 valence electrons. The summed E-state index contributed by atoms with van der Waals surface area (Å²) in [6.45, 7) is 0.491. The molecule has 0 spiro atoms. The SMILES string of the molecule is Cn1cnc2c1c(=O)n(CCCn1c(=O)c3c(ncn3C)n(CCN)c1=O)c(=O)n2C. The molecule has 0 aromatic carbocycles. The molecule has 0 radical (unpaired) electrons. The van der Waals surface area contributed by atoms with Crippen LogP contribution in [0.4, 0.5) is 0 Å². The van der Waals surface area contributed by atoms with Crippen LogP contribution >= 0.6 is 0 Å². The van der Waals surface area contributed by atoms with Crippen molar-refractivity contribution >= 4 is 22.3 Å². The first-order valence-corrected chi connectivity index (χ1v) is 9.73. The van der Waals surface area contributed by atoms with Gasteiger partial charge in [0, 0.05) is 47.3 Å². The van der Waals surface area contributed by atoms with Crippen molar-refractivity contribution in [3.63, 3.8) is 0 Å². The summed E-state index contributed by atoms with van der Waals surface area (Å²) in [5.41, 5.74) is 4.83. The van der Waals surface area contributed by atoms with Crippen molar-refractivity contribution in [2.24, 2.45) is 26.9 Å². The maximum absolute atomic E-state index is 12.9. The van der Waals surface area contributed by atoms with Gasteiger partial charge in [-0.1, -0.05) is 0 Å². The van der Waals surface area contributed by atoms with Gasteiger partial charge in [-0.15, -0.1) is 0 Å². The molecular weight excluding hydrogens is 406 g/mol. The van der Waals surface area contributed by atoms with Gasteiger partial charge in [-0.2, -0.15) is 0 Å². The molecule has 0 fully saturated rings. The zero-order valence-electron chi connectivity index (χ0n) is 17.5. The van der Waals surface area contributed by atoms with Gasteiger partial charge in [-0.05, 0) is 6.42 Å². The van der Waals surface area contributed by atoms with E-state index in [4.69, 9.17) is 5.73 Å². The van der Waals surface area contributed by atoms with Crippen LogP contribution in [0, 0.1) is 0 Å². The fraction of sp³-hybridized carbons (Fsp3) is 0.444. The first kappa shape index (κ1) is 20.5. The van der Waals surface area contributed by atoms with Crippen LogP contribution < -0.4 is 28.2 Å². The van der Waals surface area contributed by atoms with Crippen LogP contribution in [0.25, 0.3) is 22.3 Å². The Labute approximate surface area is 174 Å². The zero-order valence-corrected chi connectivity index (χ0v) is 17.5. The second-order valence-electron chi connectivity index (χ2n) is 7.39. The van der Waals surface area contributed by atoms with E-state index in [0.29, 0.717) is 11.2 Å². The summed E-state index contributed by atoms with van der Waals surface area (Å²) >= 11 is 0. The summed E-state index contributed by atoms with van der Waals surface area (Å²) in [6, 6.07) is 0. The van der Waals surface area contributed by atoms with Gasteiger partial charge in [0.15, 0.2) is 22.3 Å². The minimum Gasteiger partial charge on any atom is -0.329 e. The summed E-state index contributed by atoms with van der Waals surface area (Å²) in [4.78, 5) is 59.5. The smallest absolute Gasteiger partial charge is 0.329 e. The number of fused-ring (bicyclic) bond motifs is 2. The number of nitrogens with zero attached hydrogens (tertiary/aromatic N) is 8. The van der Waals surface area contributed by atoms with Crippen LogP contribution in [-0.4, -0.2) is 43.9 Å². The molecule has 31 heavy (non-hydrogen) atoms. The van der Waals surface area contributed by atoms with Crippen molar-refractivity contribution in [2.45, 2.75) is 26.1 Å².